The Balaban J connectivity index is 1.79. The van der Waals surface area contributed by atoms with Crippen LogP contribution in [0.2, 0.25) is 0 Å². The van der Waals surface area contributed by atoms with Gasteiger partial charge in [0, 0.05) is 5.69 Å². The molecule has 0 radical (unpaired) electrons. The number of hydrogen-bond acceptors (Lipinski definition) is 4. The molecule has 0 unspecified atom stereocenters. The minimum atomic E-state index is -0.269. The summed E-state index contributed by atoms with van der Waals surface area (Å²) >= 11 is 1.51. The molecule has 1 amide bonds. The van der Waals surface area contributed by atoms with Gasteiger partial charge < -0.3 is 9.73 Å². The van der Waals surface area contributed by atoms with Gasteiger partial charge in [-0.15, -0.1) is 11.3 Å². The lowest BCUT2D eigenvalue weighted by Gasteiger charge is -2.08. The van der Waals surface area contributed by atoms with Gasteiger partial charge in [-0.1, -0.05) is 32.0 Å². The maximum absolute atomic E-state index is 12.4. The van der Waals surface area contributed by atoms with Crippen LogP contribution in [0.25, 0.3) is 10.6 Å². The Labute approximate surface area is 132 Å². The lowest BCUT2D eigenvalue weighted by Crippen LogP contribution is -2.13. The van der Waals surface area contributed by atoms with Crippen molar-refractivity contribution in [1.29, 1.82) is 0 Å². The second-order valence-corrected chi connectivity index (χ2v) is 6.19. The Bertz CT molecular complexity index is 758. The maximum Gasteiger partial charge on any atom is 0.278 e. The predicted octanol–water partition coefficient (Wildman–Crippen LogP) is 4.78. The smallest absolute Gasteiger partial charge is 0.278 e. The number of benzene rings is 1. The van der Waals surface area contributed by atoms with Crippen LogP contribution < -0.4 is 5.32 Å². The van der Waals surface area contributed by atoms with E-state index >= 15 is 0 Å². The van der Waals surface area contributed by atoms with Gasteiger partial charge in [-0.3, -0.25) is 4.79 Å². The summed E-state index contributed by atoms with van der Waals surface area (Å²) in [7, 11) is 0. The molecule has 0 saturated heterocycles. The van der Waals surface area contributed by atoms with Crippen LogP contribution in [0.5, 0.6) is 0 Å². The molecule has 5 heteroatoms. The summed E-state index contributed by atoms with van der Waals surface area (Å²) in [5.41, 5.74) is 2.28. The standard InChI is InChI=1S/C17H16N2O2S/c1-11(2)12-5-7-13(8-6-12)19-17(20)15-16(21-10-18-15)14-4-3-9-22-14/h3-11H,1-2H3,(H,19,20). The third-order valence-electron chi connectivity index (χ3n) is 3.36. The van der Waals surface area contributed by atoms with Gasteiger partial charge >= 0.3 is 0 Å². The number of thiophene rings is 1. The first-order valence-corrected chi connectivity index (χ1v) is 7.92. The molecule has 0 spiro atoms. The number of aromatic nitrogens is 1. The number of carbonyl (C=O) groups excluding carboxylic acids is 1. The summed E-state index contributed by atoms with van der Waals surface area (Å²) in [5, 5.41) is 4.79. The van der Waals surface area contributed by atoms with E-state index < -0.39 is 0 Å². The summed E-state index contributed by atoms with van der Waals surface area (Å²) in [6.45, 7) is 4.27. The fourth-order valence-electron chi connectivity index (χ4n) is 2.13. The van der Waals surface area contributed by atoms with E-state index in [0.717, 1.165) is 10.6 Å². The maximum atomic E-state index is 12.4. The number of oxazole rings is 1. The van der Waals surface area contributed by atoms with Gasteiger partial charge in [0.1, 0.15) is 0 Å². The molecule has 0 saturated carbocycles. The van der Waals surface area contributed by atoms with E-state index in [1.807, 2.05) is 41.8 Å². The molecule has 1 aromatic carbocycles. The van der Waals surface area contributed by atoms with E-state index in [1.54, 1.807) is 0 Å². The molecule has 22 heavy (non-hydrogen) atoms. The van der Waals surface area contributed by atoms with Crippen molar-refractivity contribution in [3.05, 3.63) is 59.4 Å². The number of amides is 1. The quantitative estimate of drug-likeness (QED) is 0.754. The van der Waals surface area contributed by atoms with E-state index in [2.05, 4.69) is 24.1 Å². The van der Waals surface area contributed by atoms with Gasteiger partial charge in [-0.2, -0.15) is 0 Å². The number of carbonyl (C=O) groups is 1. The molecule has 0 aliphatic rings. The van der Waals surface area contributed by atoms with Crippen LogP contribution >= 0.6 is 11.3 Å². The van der Waals surface area contributed by atoms with Gasteiger partial charge in [-0.25, -0.2) is 4.98 Å². The number of hydrogen-bond donors (Lipinski definition) is 1. The molecule has 2 heterocycles. The number of nitrogens with zero attached hydrogens (tertiary/aromatic N) is 1. The van der Waals surface area contributed by atoms with Gasteiger partial charge in [-0.05, 0) is 35.1 Å². The van der Waals surface area contributed by atoms with E-state index in [-0.39, 0.29) is 5.91 Å². The molecule has 0 aliphatic carbocycles. The first-order valence-electron chi connectivity index (χ1n) is 7.04. The predicted molar refractivity (Wildman–Crippen MR) is 88.3 cm³/mol. The van der Waals surface area contributed by atoms with Crippen molar-refractivity contribution in [1.82, 2.24) is 4.98 Å². The number of rotatable bonds is 4. The first kappa shape index (κ1) is 14.5. The average molecular weight is 312 g/mol. The van der Waals surface area contributed by atoms with Gasteiger partial charge in [0.25, 0.3) is 5.91 Å². The summed E-state index contributed by atoms with van der Waals surface area (Å²) in [6, 6.07) is 11.6. The van der Waals surface area contributed by atoms with Gasteiger partial charge in [0.05, 0.1) is 4.88 Å². The molecular formula is C17H16N2O2S. The van der Waals surface area contributed by atoms with Crippen molar-refractivity contribution in [2.45, 2.75) is 19.8 Å². The van der Waals surface area contributed by atoms with E-state index in [0.29, 0.717) is 17.4 Å². The molecule has 1 N–H and O–H groups in total. The first-order chi connectivity index (χ1) is 10.6. The minimum Gasteiger partial charge on any atom is -0.442 e. The summed E-state index contributed by atoms with van der Waals surface area (Å²) in [5.74, 6) is 0.700. The zero-order valence-corrected chi connectivity index (χ0v) is 13.2. The normalized spacial score (nSPS) is 10.9. The monoisotopic (exact) mass is 312 g/mol. The number of anilines is 1. The van der Waals surface area contributed by atoms with Crippen LogP contribution in [0, 0.1) is 0 Å². The highest BCUT2D eigenvalue weighted by atomic mass is 32.1. The van der Waals surface area contributed by atoms with Crippen molar-refractivity contribution in [3.8, 4) is 10.6 Å². The molecule has 112 valence electrons. The van der Waals surface area contributed by atoms with Crippen molar-refractivity contribution in [2.75, 3.05) is 5.32 Å². The van der Waals surface area contributed by atoms with Crippen LogP contribution in [-0.4, -0.2) is 10.9 Å². The topological polar surface area (TPSA) is 55.1 Å². The van der Waals surface area contributed by atoms with Crippen LogP contribution in [0.4, 0.5) is 5.69 Å². The molecule has 2 aromatic heterocycles. The van der Waals surface area contributed by atoms with Crippen LogP contribution in [-0.2, 0) is 0 Å². The highest BCUT2D eigenvalue weighted by Gasteiger charge is 2.19. The minimum absolute atomic E-state index is 0.269. The van der Waals surface area contributed by atoms with E-state index in [9.17, 15) is 4.79 Å². The average Bonchev–Trinajstić information content (AvgIpc) is 3.18. The summed E-state index contributed by atoms with van der Waals surface area (Å²) in [4.78, 5) is 17.3. The van der Waals surface area contributed by atoms with Crippen LogP contribution in [0.15, 0.2) is 52.6 Å². The second kappa shape index (κ2) is 6.15. The highest BCUT2D eigenvalue weighted by Crippen LogP contribution is 2.28. The zero-order valence-electron chi connectivity index (χ0n) is 12.4. The summed E-state index contributed by atoms with van der Waals surface area (Å²) in [6.07, 6.45) is 1.30. The van der Waals surface area contributed by atoms with E-state index in [4.69, 9.17) is 4.42 Å². The van der Waals surface area contributed by atoms with Gasteiger partial charge in [0.2, 0.25) is 0 Å². The second-order valence-electron chi connectivity index (χ2n) is 5.24. The Kier molecular flexibility index (Phi) is 4.06. The Morgan fingerprint density at radius 1 is 1.23 bits per heavy atom. The van der Waals surface area contributed by atoms with E-state index in [1.165, 1.54) is 23.3 Å². The Morgan fingerprint density at radius 2 is 2.00 bits per heavy atom. The molecule has 0 aliphatic heterocycles. The zero-order chi connectivity index (χ0) is 15.5. The molecular weight excluding hydrogens is 296 g/mol. The third-order valence-corrected chi connectivity index (χ3v) is 4.23. The third kappa shape index (κ3) is 2.94. The number of nitrogens with one attached hydrogen (secondary N) is 1. The molecule has 0 bridgehead atoms. The molecule has 0 atom stereocenters. The molecule has 3 rings (SSSR count). The van der Waals surface area contributed by atoms with Crippen molar-refractivity contribution >= 4 is 22.9 Å². The van der Waals surface area contributed by atoms with Crippen LogP contribution in [0.1, 0.15) is 35.8 Å². The van der Waals surface area contributed by atoms with Crippen molar-refractivity contribution < 1.29 is 9.21 Å². The Morgan fingerprint density at radius 3 is 2.64 bits per heavy atom. The molecule has 0 fully saturated rings. The fourth-order valence-corrected chi connectivity index (χ4v) is 2.84. The van der Waals surface area contributed by atoms with Crippen molar-refractivity contribution in [2.24, 2.45) is 0 Å². The van der Waals surface area contributed by atoms with Crippen LogP contribution in [0.3, 0.4) is 0 Å². The lowest BCUT2D eigenvalue weighted by atomic mass is 10.0. The fraction of sp³-hybridized carbons (Fsp3) is 0.176. The highest BCUT2D eigenvalue weighted by molar-refractivity contribution is 7.13. The van der Waals surface area contributed by atoms with Crippen molar-refractivity contribution in [3.63, 3.8) is 0 Å². The SMILES string of the molecule is CC(C)c1ccc(NC(=O)c2ncoc2-c2cccs2)cc1. The summed E-state index contributed by atoms with van der Waals surface area (Å²) < 4.78 is 5.36. The van der Waals surface area contributed by atoms with Gasteiger partial charge in [0.15, 0.2) is 17.8 Å². The molecule has 4 nitrogen and oxygen atoms in total. The largest absolute Gasteiger partial charge is 0.442 e. The lowest BCUT2D eigenvalue weighted by molar-refractivity contribution is 0.102. The Hall–Kier alpha value is -2.40. The molecule has 3 aromatic rings.